The van der Waals surface area contributed by atoms with E-state index < -0.39 is 17.5 Å². The Labute approximate surface area is 268 Å². The van der Waals surface area contributed by atoms with Crippen LogP contribution in [0.4, 0.5) is 10.6 Å². The van der Waals surface area contributed by atoms with E-state index in [0.717, 1.165) is 33.5 Å². The minimum absolute atomic E-state index is 0.0389. The number of carbonyl (C=O) groups excluding carboxylic acids is 2. The summed E-state index contributed by atoms with van der Waals surface area (Å²) in [4.78, 5) is 51.3. The molecule has 1 unspecified atom stereocenters. The zero-order chi connectivity index (χ0) is 32.6. The predicted octanol–water partition coefficient (Wildman–Crippen LogP) is 4.51. The minimum Gasteiger partial charge on any atom is -0.433 e. The number of benzene rings is 2. The molecule has 1 amide bonds. The van der Waals surface area contributed by atoms with Gasteiger partial charge in [-0.1, -0.05) is 48.5 Å². The first-order valence-corrected chi connectivity index (χ1v) is 15.7. The van der Waals surface area contributed by atoms with Crippen LogP contribution in [-0.2, 0) is 32.1 Å². The second-order valence-electron chi connectivity index (χ2n) is 10.3. The van der Waals surface area contributed by atoms with Crippen molar-refractivity contribution in [2.45, 2.75) is 46.4 Å². The summed E-state index contributed by atoms with van der Waals surface area (Å²) in [5, 5.41) is 22.0. The maximum atomic E-state index is 12.9. The number of thioether (sulfide) groups is 1. The molecule has 0 fully saturated rings. The molecule has 0 aliphatic carbocycles. The second-order valence-corrected chi connectivity index (χ2v) is 11.5. The van der Waals surface area contributed by atoms with E-state index in [1.165, 1.54) is 16.6 Å². The van der Waals surface area contributed by atoms with Crippen molar-refractivity contribution in [3.05, 3.63) is 81.3 Å². The van der Waals surface area contributed by atoms with Crippen LogP contribution in [0.2, 0.25) is 0 Å². The smallest absolute Gasteiger partial charge is 0.433 e. The van der Waals surface area contributed by atoms with Crippen molar-refractivity contribution in [3.8, 4) is 22.5 Å². The Morgan fingerprint density at radius 1 is 1.04 bits per heavy atom. The van der Waals surface area contributed by atoms with Gasteiger partial charge in [-0.2, -0.15) is 11.8 Å². The van der Waals surface area contributed by atoms with E-state index in [-0.39, 0.29) is 19.1 Å². The molecule has 0 radical (unpaired) electrons. The molecule has 46 heavy (non-hydrogen) atoms. The minimum atomic E-state index is -0.901. The lowest BCUT2D eigenvalue weighted by molar-refractivity contribution is -0.756. The fourth-order valence-electron chi connectivity index (χ4n) is 4.95. The van der Waals surface area contributed by atoms with Gasteiger partial charge in [0.05, 0.1) is 6.54 Å². The number of fused-ring (bicyclic) bond motifs is 1. The van der Waals surface area contributed by atoms with Gasteiger partial charge in [0.1, 0.15) is 24.9 Å². The van der Waals surface area contributed by atoms with Gasteiger partial charge in [0.25, 0.3) is 5.09 Å². The zero-order valence-electron chi connectivity index (χ0n) is 25.5. The molecule has 0 saturated carbocycles. The zero-order valence-corrected chi connectivity index (χ0v) is 26.3. The van der Waals surface area contributed by atoms with Crippen molar-refractivity contribution >= 4 is 29.6 Å². The maximum absolute atomic E-state index is 12.9. The number of anilines is 1. The lowest BCUT2D eigenvalue weighted by Crippen LogP contribution is -2.36. The molecule has 15 nitrogen and oxygen atoms in total. The van der Waals surface area contributed by atoms with Crippen LogP contribution in [0.5, 0.6) is 0 Å². The van der Waals surface area contributed by atoms with Crippen LogP contribution in [0.15, 0.2) is 48.5 Å². The molecule has 5 rings (SSSR count). The van der Waals surface area contributed by atoms with Gasteiger partial charge in [0.2, 0.25) is 18.0 Å². The van der Waals surface area contributed by atoms with Gasteiger partial charge < -0.3 is 14.3 Å². The summed E-state index contributed by atoms with van der Waals surface area (Å²) in [6.07, 6.45) is -0.718. The highest BCUT2D eigenvalue weighted by atomic mass is 32.2. The van der Waals surface area contributed by atoms with Gasteiger partial charge in [-0.3, -0.25) is 9.69 Å². The van der Waals surface area contributed by atoms with Crippen molar-refractivity contribution in [1.82, 2.24) is 30.2 Å². The van der Waals surface area contributed by atoms with Crippen molar-refractivity contribution in [3.63, 3.8) is 0 Å². The summed E-state index contributed by atoms with van der Waals surface area (Å²) >= 11 is 1.34. The fourth-order valence-corrected chi connectivity index (χ4v) is 5.55. The first-order chi connectivity index (χ1) is 22.2. The van der Waals surface area contributed by atoms with Gasteiger partial charge in [-0.15, -0.1) is 25.1 Å². The van der Waals surface area contributed by atoms with Crippen LogP contribution in [0.3, 0.4) is 0 Å². The van der Waals surface area contributed by atoms with E-state index in [1.807, 2.05) is 62.4 Å². The number of tetrazole rings is 1. The van der Waals surface area contributed by atoms with E-state index >= 15 is 0 Å². The standard InChI is InChI=1S/C30H32N8O7S/c1-19-24-12-13-27(39)36(29(24)32-20(2)31-19)18-22-8-10-23(11-9-22)25-6-4-5-7-26(25)28-33-35-37(34-28)21(3)45-30(40)43-14-16-46-17-15-44-38(41)42/h4-11,21H,12-18H2,1-3H3. The molecule has 1 atom stereocenters. The predicted molar refractivity (Wildman–Crippen MR) is 167 cm³/mol. The summed E-state index contributed by atoms with van der Waals surface area (Å²) in [6, 6.07) is 15.6. The monoisotopic (exact) mass is 648 g/mol. The second kappa shape index (κ2) is 14.8. The Kier molecular flexibility index (Phi) is 10.4. The molecule has 1 aliphatic rings. The fraction of sp³-hybridized carbons (Fsp3) is 0.367. The lowest BCUT2D eigenvalue weighted by atomic mass is 9.98. The van der Waals surface area contributed by atoms with E-state index in [0.29, 0.717) is 48.4 Å². The quantitative estimate of drug-likeness (QED) is 0.0857. The van der Waals surface area contributed by atoms with Crippen LogP contribution >= 0.6 is 11.8 Å². The maximum Gasteiger partial charge on any atom is 0.510 e. The topological polar surface area (TPSA) is 178 Å². The third-order valence-corrected chi connectivity index (χ3v) is 8.03. The lowest BCUT2D eigenvalue weighted by Gasteiger charge is -2.29. The van der Waals surface area contributed by atoms with Crippen LogP contribution < -0.4 is 4.90 Å². The van der Waals surface area contributed by atoms with Gasteiger partial charge in [0, 0.05) is 34.7 Å². The number of aromatic nitrogens is 6. The molecule has 4 aromatic rings. The van der Waals surface area contributed by atoms with Crippen molar-refractivity contribution < 1.29 is 29.0 Å². The molecule has 2 aromatic heterocycles. The summed E-state index contributed by atoms with van der Waals surface area (Å²) < 4.78 is 10.3. The Balaban J connectivity index is 1.21. The summed E-state index contributed by atoms with van der Waals surface area (Å²) in [5.74, 6) is 2.52. The molecule has 0 bridgehead atoms. The molecule has 0 spiro atoms. The number of ether oxygens (including phenoxy) is 2. The van der Waals surface area contributed by atoms with E-state index in [4.69, 9.17) is 9.47 Å². The van der Waals surface area contributed by atoms with Crippen molar-refractivity contribution in [2.75, 3.05) is 29.6 Å². The van der Waals surface area contributed by atoms with Crippen LogP contribution in [0.25, 0.3) is 22.5 Å². The number of hydrogen-bond donors (Lipinski definition) is 0. The molecular weight excluding hydrogens is 616 g/mol. The number of carbonyl (C=O) groups is 2. The molecular formula is C30H32N8O7S. The average molecular weight is 649 g/mol. The molecule has 1 aliphatic heterocycles. The van der Waals surface area contributed by atoms with Crippen molar-refractivity contribution in [1.29, 1.82) is 0 Å². The highest BCUT2D eigenvalue weighted by Crippen LogP contribution is 2.32. The van der Waals surface area contributed by atoms with E-state index in [2.05, 4.69) is 30.2 Å². The Morgan fingerprint density at radius 2 is 1.78 bits per heavy atom. The number of nitrogens with zero attached hydrogens (tertiary/aromatic N) is 8. The molecule has 3 heterocycles. The highest BCUT2D eigenvalue weighted by Gasteiger charge is 2.28. The number of rotatable bonds is 13. The van der Waals surface area contributed by atoms with Gasteiger partial charge in [-0.25, -0.2) is 14.8 Å². The van der Waals surface area contributed by atoms with Crippen molar-refractivity contribution in [2.24, 2.45) is 0 Å². The van der Waals surface area contributed by atoms with E-state index in [9.17, 15) is 19.7 Å². The average Bonchev–Trinajstić information content (AvgIpc) is 3.53. The third kappa shape index (κ3) is 7.93. The normalized spacial score (nSPS) is 13.2. The van der Waals surface area contributed by atoms with E-state index in [1.54, 1.807) is 11.8 Å². The summed E-state index contributed by atoms with van der Waals surface area (Å²) in [7, 11) is 0. The highest BCUT2D eigenvalue weighted by molar-refractivity contribution is 7.99. The molecule has 16 heteroatoms. The molecule has 2 aromatic carbocycles. The third-order valence-electron chi connectivity index (χ3n) is 7.12. The molecule has 240 valence electrons. The number of amides is 1. The largest absolute Gasteiger partial charge is 0.510 e. The Morgan fingerprint density at radius 3 is 2.54 bits per heavy atom. The van der Waals surface area contributed by atoms with Gasteiger partial charge in [0.15, 0.2) is 0 Å². The summed E-state index contributed by atoms with van der Waals surface area (Å²) in [6.45, 7) is 5.79. The van der Waals surface area contributed by atoms with Crippen LogP contribution in [-0.4, -0.2) is 72.0 Å². The first-order valence-electron chi connectivity index (χ1n) is 14.5. The molecule has 0 N–H and O–H groups in total. The van der Waals surface area contributed by atoms with Crippen LogP contribution in [0.1, 0.15) is 42.2 Å². The molecule has 0 saturated heterocycles. The van der Waals surface area contributed by atoms with Crippen LogP contribution in [0, 0.1) is 24.0 Å². The number of hydrogen-bond acceptors (Lipinski definition) is 13. The van der Waals surface area contributed by atoms with Gasteiger partial charge in [-0.05, 0) is 49.1 Å². The SMILES string of the molecule is Cc1nc(C)c2c(n1)N(Cc1ccc(-c3ccccc3-c3nnn(C(C)OC(=O)OCCSCCO[N+](=O)[O-])n3)cc1)C(=O)CC2. The Hall–Kier alpha value is -5.12. The number of aryl methyl sites for hydroxylation is 2. The Bertz CT molecular complexity index is 1720. The van der Waals surface area contributed by atoms with Gasteiger partial charge >= 0.3 is 6.16 Å². The first kappa shape index (κ1) is 32.3. The summed E-state index contributed by atoms with van der Waals surface area (Å²) in [5.41, 5.74) is 5.41.